The van der Waals surface area contributed by atoms with E-state index in [4.69, 9.17) is 9.47 Å². The summed E-state index contributed by atoms with van der Waals surface area (Å²) < 4.78 is 10.7. The van der Waals surface area contributed by atoms with Crippen LogP contribution in [0.5, 0.6) is 0 Å². The van der Waals surface area contributed by atoms with Crippen molar-refractivity contribution in [2.75, 3.05) is 6.61 Å². The molecule has 0 aromatic carbocycles. The van der Waals surface area contributed by atoms with Crippen LogP contribution < -0.4 is 0 Å². The van der Waals surface area contributed by atoms with Crippen LogP contribution >= 0.6 is 0 Å². The number of ether oxygens (including phenoxy) is 2. The molecule has 1 fully saturated rings. The maximum atomic E-state index is 11.5. The highest BCUT2D eigenvalue weighted by Crippen LogP contribution is 2.27. The molecule has 0 atom stereocenters. The predicted molar refractivity (Wildman–Crippen MR) is 58.6 cm³/mol. The molecule has 15 heavy (non-hydrogen) atoms. The Labute approximate surface area is 92.1 Å². The Hall–Kier alpha value is -0.570. The zero-order valence-corrected chi connectivity index (χ0v) is 9.99. The predicted octanol–water partition coefficient (Wildman–Crippen LogP) is 2.53. The molecule has 0 aromatic heterocycles. The minimum atomic E-state index is -0.0273. The summed E-state index contributed by atoms with van der Waals surface area (Å²) in [5.41, 5.74) is 0. The number of esters is 1. The van der Waals surface area contributed by atoms with E-state index in [0.29, 0.717) is 12.7 Å². The highest BCUT2D eigenvalue weighted by Gasteiger charge is 2.27. The first kappa shape index (κ1) is 12.5. The summed E-state index contributed by atoms with van der Waals surface area (Å²) >= 11 is 0. The molecule has 1 rings (SSSR count). The number of carbonyl (C=O) groups is 1. The van der Waals surface area contributed by atoms with Crippen molar-refractivity contribution in [1.82, 2.24) is 0 Å². The Bertz CT molecular complexity index is 193. The topological polar surface area (TPSA) is 35.5 Å². The van der Waals surface area contributed by atoms with Gasteiger partial charge in [0.1, 0.15) is 0 Å². The van der Waals surface area contributed by atoms with Crippen LogP contribution in [0.2, 0.25) is 0 Å². The quantitative estimate of drug-likeness (QED) is 0.675. The third-order valence-corrected chi connectivity index (χ3v) is 2.76. The van der Waals surface area contributed by atoms with Crippen molar-refractivity contribution in [1.29, 1.82) is 0 Å². The molecule has 0 heterocycles. The summed E-state index contributed by atoms with van der Waals surface area (Å²) in [6, 6.07) is 0. The lowest BCUT2D eigenvalue weighted by molar-refractivity contribution is -0.150. The van der Waals surface area contributed by atoms with Gasteiger partial charge in [-0.25, -0.2) is 0 Å². The fourth-order valence-electron chi connectivity index (χ4n) is 2.08. The molecule has 0 N–H and O–H groups in total. The second-order valence-corrected chi connectivity index (χ2v) is 4.41. The van der Waals surface area contributed by atoms with Crippen LogP contribution in [0.25, 0.3) is 0 Å². The fraction of sp³-hybridized carbons (Fsp3) is 0.917. The molecule has 0 spiro atoms. The molecule has 1 saturated carbocycles. The summed E-state index contributed by atoms with van der Waals surface area (Å²) in [7, 11) is 0. The average molecular weight is 214 g/mol. The molecule has 0 amide bonds. The van der Waals surface area contributed by atoms with Crippen LogP contribution in [-0.4, -0.2) is 24.8 Å². The Kier molecular flexibility index (Phi) is 5.09. The second-order valence-electron chi connectivity index (χ2n) is 4.41. The van der Waals surface area contributed by atoms with Crippen LogP contribution in [0.15, 0.2) is 0 Å². The van der Waals surface area contributed by atoms with Gasteiger partial charge >= 0.3 is 5.97 Å². The van der Waals surface area contributed by atoms with Gasteiger partial charge in [0, 0.05) is 0 Å². The van der Waals surface area contributed by atoms with Gasteiger partial charge in [-0.15, -0.1) is 0 Å². The molecule has 0 radical (unpaired) electrons. The number of hydrogen-bond acceptors (Lipinski definition) is 3. The SMILES string of the molecule is CCOC(=O)[C@H]1CC[C@@H](OC(C)C)CC1. The molecule has 0 saturated heterocycles. The third-order valence-electron chi connectivity index (χ3n) is 2.76. The first-order chi connectivity index (χ1) is 7.13. The van der Waals surface area contributed by atoms with Gasteiger partial charge in [-0.1, -0.05) is 0 Å². The molecule has 0 aromatic rings. The summed E-state index contributed by atoms with van der Waals surface area (Å²) in [4.78, 5) is 11.5. The van der Waals surface area contributed by atoms with Crippen LogP contribution in [0.1, 0.15) is 46.5 Å². The lowest BCUT2D eigenvalue weighted by atomic mass is 9.87. The summed E-state index contributed by atoms with van der Waals surface area (Å²) in [5.74, 6) is 0.0810. The number of hydrogen-bond donors (Lipinski definition) is 0. The van der Waals surface area contributed by atoms with E-state index in [-0.39, 0.29) is 18.0 Å². The standard InChI is InChI=1S/C12H22O3/c1-4-14-12(13)10-5-7-11(8-6-10)15-9(2)3/h9-11H,4-8H2,1-3H3/t10-,11+. The molecule has 1 aliphatic rings. The van der Waals surface area contributed by atoms with E-state index in [9.17, 15) is 4.79 Å². The van der Waals surface area contributed by atoms with Crippen molar-refractivity contribution in [3.63, 3.8) is 0 Å². The van der Waals surface area contributed by atoms with E-state index in [1.54, 1.807) is 0 Å². The maximum absolute atomic E-state index is 11.5. The first-order valence-corrected chi connectivity index (χ1v) is 5.95. The number of rotatable bonds is 4. The van der Waals surface area contributed by atoms with Crippen molar-refractivity contribution >= 4 is 5.97 Å². The van der Waals surface area contributed by atoms with Gasteiger partial charge in [0.15, 0.2) is 0 Å². The van der Waals surface area contributed by atoms with Crippen LogP contribution in [0.3, 0.4) is 0 Å². The molecule has 0 bridgehead atoms. The van der Waals surface area contributed by atoms with Gasteiger partial charge in [-0.05, 0) is 46.5 Å². The van der Waals surface area contributed by atoms with Gasteiger partial charge in [0.25, 0.3) is 0 Å². The van der Waals surface area contributed by atoms with Gasteiger partial charge in [0.05, 0.1) is 24.7 Å². The number of carbonyl (C=O) groups excluding carboxylic acids is 1. The lowest BCUT2D eigenvalue weighted by Gasteiger charge is -2.28. The Balaban J connectivity index is 2.26. The van der Waals surface area contributed by atoms with Gasteiger partial charge in [-0.3, -0.25) is 4.79 Å². The minimum absolute atomic E-state index is 0.0273. The Morgan fingerprint density at radius 2 is 1.87 bits per heavy atom. The van der Waals surface area contributed by atoms with Gasteiger partial charge in [-0.2, -0.15) is 0 Å². The van der Waals surface area contributed by atoms with Crippen molar-refractivity contribution in [2.24, 2.45) is 5.92 Å². The lowest BCUT2D eigenvalue weighted by Crippen LogP contribution is -2.28. The Morgan fingerprint density at radius 3 is 2.33 bits per heavy atom. The van der Waals surface area contributed by atoms with E-state index in [2.05, 4.69) is 13.8 Å². The highest BCUT2D eigenvalue weighted by molar-refractivity contribution is 5.72. The summed E-state index contributed by atoms with van der Waals surface area (Å²) in [5, 5.41) is 0. The summed E-state index contributed by atoms with van der Waals surface area (Å²) in [6.07, 6.45) is 4.43. The Morgan fingerprint density at radius 1 is 1.27 bits per heavy atom. The third kappa shape index (κ3) is 4.20. The zero-order chi connectivity index (χ0) is 11.3. The average Bonchev–Trinajstić information content (AvgIpc) is 2.18. The molecular formula is C12H22O3. The van der Waals surface area contributed by atoms with Crippen molar-refractivity contribution < 1.29 is 14.3 Å². The van der Waals surface area contributed by atoms with E-state index in [0.717, 1.165) is 25.7 Å². The molecular weight excluding hydrogens is 192 g/mol. The minimum Gasteiger partial charge on any atom is -0.466 e. The zero-order valence-electron chi connectivity index (χ0n) is 9.99. The van der Waals surface area contributed by atoms with E-state index in [1.807, 2.05) is 6.92 Å². The molecule has 3 nitrogen and oxygen atoms in total. The maximum Gasteiger partial charge on any atom is 0.308 e. The monoisotopic (exact) mass is 214 g/mol. The summed E-state index contributed by atoms with van der Waals surface area (Å²) in [6.45, 7) is 6.45. The fourth-order valence-corrected chi connectivity index (χ4v) is 2.08. The van der Waals surface area contributed by atoms with Crippen molar-refractivity contribution in [3.05, 3.63) is 0 Å². The largest absolute Gasteiger partial charge is 0.466 e. The molecule has 3 heteroatoms. The van der Waals surface area contributed by atoms with Crippen molar-refractivity contribution in [3.8, 4) is 0 Å². The smallest absolute Gasteiger partial charge is 0.308 e. The van der Waals surface area contributed by atoms with Gasteiger partial charge < -0.3 is 9.47 Å². The van der Waals surface area contributed by atoms with Crippen molar-refractivity contribution in [2.45, 2.75) is 58.7 Å². The molecule has 0 unspecified atom stereocenters. The second kappa shape index (κ2) is 6.11. The molecule has 1 aliphatic carbocycles. The normalized spacial score (nSPS) is 26.7. The first-order valence-electron chi connectivity index (χ1n) is 5.95. The van der Waals surface area contributed by atoms with E-state index >= 15 is 0 Å². The van der Waals surface area contributed by atoms with E-state index < -0.39 is 0 Å². The molecule has 88 valence electrons. The van der Waals surface area contributed by atoms with Crippen LogP contribution in [-0.2, 0) is 14.3 Å². The van der Waals surface area contributed by atoms with E-state index in [1.165, 1.54) is 0 Å². The van der Waals surface area contributed by atoms with Crippen LogP contribution in [0, 0.1) is 5.92 Å². The highest BCUT2D eigenvalue weighted by atomic mass is 16.5. The van der Waals surface area contributed by atoms with Crippen LogP contribution in [0.4, 0.5) is 0 Å². The molecule has 0 aliphatic heterocycles. The van der Waals surface area contributed by atoms with Gasteiger partial charge in [0.2, 0.25) is 0 Å².